The van der Waals surface area contributed by atoms with E-state index in [4.69, 9.17) is 16.3 Å². The van der Waals surface area contributed by atoms with Crippen LogP contribution in [-0.4, -0.2) is 42.4 Å². The van der Waals surface area contributed by atoms with E-state index in [2.05, 4.69) is 0 Å². The molecule has 2 N–H and O–H groups in total. The van der Waals surface area contributed by atoms with Crippen LogP contribution in [-0.2, 0) is 27.8 Å². The Labute approximate surface area is 209 Å². The molecule has 10 heteroatoms. The van der Waals surface area contributed by atoms with Gasteiger partial charge in [-0.15, -0.1) is 11.6 Å². The standard InChI is InChI=1S/C25H26ClFN2O5S/c26-15-4-16-34-22-11-13-23(14-12-22)35(32,33)29(18-20-7-9-21(27)10-8-20)24(25(30)28-31)17-19-5-2-1-3-6-19/h1-3,5-14,24,31H,4,15-18H2,(H,28,30)/t24-/m1/s1. The second-order valence-corrected chi connectivity index (χ2v) is 9.99. The van der Waals surface area contributed by atoms with Crippen LogP contribution in [0.4, 0.5) is 4.39 Å². The molecular formula is C25H26ClFN2O5S. The van der Waals surface area contributed by atoms with Gasteiger partial charge >= 0.3 is 0 Å². The molecule has 7 nitrogen and oxygen atoms in total. The molecular weight excluding hydrogens is 495 g/mol. The van der Waals surface area contributed by atoms with Crippen molar-refractivity contribution in [2.45, 2.75) is 30.3 Å². The number of nitrogens with one attached hydrogen (secondary N) is 1. The summed E-state index contributed by atoms with van der Waals surface area (Å²) in [5.74, 6) is -0.434. The van der Waals surface area contributed by atoms with Gasteiger partial charge in [0.2, 0.25) is 10.0 Å². The van der Waals surface area contributed by atoms with Crippen LogP contribution in [0.5, 0.6) is 5.75 Å². The van der Waals surface area contributed by atoms with Gasteiger partial charge in [-0.3, -0.25) is 10.0 Å². The predicted molar refractivity (Wildman–Crippen MR) is 130 cm³/mol. The van der Waals surface area contributed by atoms with E-state index in [1.807, 2.05) is 0 Å². The van der Waals surface area contributed by atoms with E-state index >= 15 is 0 Å². The number of hydroxylamine groups is 1. The largest absolute Gasteiger partial charge is 0.494 e. The summed E-state index contributed by atoms with van der Waals surface area (Å²) in [7, 11) is -4.23. The zero-order chi connectivity index (χ0) is 25.3. The molecule has 3 aromatic carbocycles. The number of carbonyl (C=O) groups excluding carboxylic acids is 1. The number of halogens is 2. The highest BCUT2D eigenvalue weighted by Crippen LogP contribution is 2.25. The van der Waals surface area contributed by atoms with E-state index in [1.165, 1.54) is 48.5 Å². The quantitative estimate of drug-likeness (QED) is 0.162. The van der Waals surface area contributed by atoms with Gasteiger partial charge in [-0.1, -0.05) is 42.5 Å². The lowest BCUT2D eigenvalue weighted by molar-refractivity contribution is -0.133. The lowest BCUT2D eigenvalue weighted by Crippen LogP contribution is -2.49. The maximum absolute atomic E-state index is 13.8. The maximum Gasteiger partial charge on any atom is 0.262 e. The fourth-order valence-corrected chi connectivity index (χ4v) is 5.14. The van der Waals surface area contributed by atoms with E-state index in [0.29, 0.717) is 35.8 Å². The highest BCUT2D eigenvalue weighted by Gasteiger charge is 2.36. The Morgan fingerprint density at radius 1 is 1.00 bits per heavy atom. The van der Waals surface area contributed by atoms with Gasteiger partial charge in [-0.05, 0) is 60.4 Å². The fourth-order valence-electron chi connectivity index (χ4n) is 3.46. The Balaban J connectivity index is 1.99. The van der Waals surface area contributed by atoms with Crippen LogP contribution in [0, 0.1) is 5.82 Å². The number of ether oxygens (including phenoxy) is 1. The zero-order valence-electron chi connectivity index (χ0n) is 18.8. The molecule has 0 radical (unpaired) electrons. The minimum atomic E-state index is -4.23. The molecule has 3 rings (SSSR count). The van der Waals surface area contributed by atoms with Crippen LogP contribution in [0.15, 0.2) is 83.8 Å². The molecule has 186 valence electrons. The van der Waals surface area contributed by atoms with Crippen LogP contribution in [0.1, 0.15) is 17.5 Å². The van der Waals surface area contributed by atoms with E-state index in [0.717, 1.165) is 4.31 Å². The first-order valence-corrected chi connectivity index (χ1v) is 12.9. The van der Waals surface area contributed by atoms with Gasteiger partial charge in [0.05, 0.1) is 11.5 Å². The van der Waals surface area contributed by atoms with Gasteiger partial charge in [-0.25, -0.2) is 18.3 Å². The Morgan fingerprint density at radius 3 is 2.26 bits per heavy atom. The molecule has 35 heavy (non-hydrogen) atoms. The second kappa shape index (κ2) is 12.6. The SMILES string of the molecule is O=C(NO)[C@@H](Cc1ccccc1)N(Cc1ccc(F)cc1)S(=O)(=O)c1ccc(OCCCCl)cc1. The van der Waals surface area contributed by atoms with Crippen molar-refractivity contribution >= 4 is 27.5 Å². The predicted octanol–water partition coefficient (Wildman–Crippen LogP) is 4.14. The molecule has 0 aliphatic carbocycles. The van der Waals surface area contributed by atoms with Crippen molar-refractivity contribution in [2.24, 2.45) is 0 Å². The molecule has 0 unspecified atom stereocenters. The van der Waals surface area contributed by atoms with Gasteiger partial charge in [0, 0.05) is 12.4 Å². The molecule has 1 atom stereocenters. The van der Waals surface area contributed by atoms with Crippen LogP contribution in [0.3, 0.4) is 0 Å². The van der Waals surface area contributed by atoms with E-state index < -0.39 is 27.8 Å². The molecule has 0 saturated carbocycles. The summed E-state index contributed by atoms with van der Waals surface area (Å²) >= 11 is 5.65. The monoisotopic (exact) mass is 520 g/mol. The van der Waals surface area contributed by atoms with Gasteiger partial charge in [0.15, 0.2) is 0 Å². The molecule has 0 spiro atoms. The average molecular weight is 521 g/mol. The van der Waals surface area contributed by atoms with Crippen LogP contribution in [0.25, 0.3) is 0 Å². The number of amides is 1. The Kier molecular flexibility index (Phi) is 9.62. The molecule has 0 aliphatic heterocycles. The maximum atomic E-state index is 13.8. The first kappa shape index (κ1) is 26.6. The number of nitrogens with zero attached hydrogens (tertiary/aromatic N) is 1. The zero-order valence-corrected chi connectivity index (χ0v) is 20.4. The van der Waals surface area contributed by atoms with Gasteiger partial charge in [-0.2, -0.15) is 4.31 Å². The second-order valence-electron chi connectivity index (χ2n) is 7.72. The van der Waals surface area contributed by atoms with Crippen molar-refractivity contribution in [3.05, 3.63) is 95.8 Å². The number of benzene rings is 3. The third-order valence-electron chi connectivity index (χ3n) is 5.26. The van der Waals surface area contributed by atoms with Crippen molar-refractivity contribution < 1.29 is 27.5 Å². The summed E-state index contributed by atoms with van der Waals surface area (Å²) in [6, 6.07) is 18.7. The van der Waals surface area contributed by atoms with Crippen molar-refractivity contribution in [3.8, 4) is 5.75 Å². The average Bonchev–Trinajstić information content (AvgIpc) is 2.88. The third kappa shape index (κ3) is 7.25. The van der Waals surface area contributed by atoms with Crippen molar-refractivity contribution in [3.63, 3.8) is 0 Å². The molecule has 0 fully saturated rings. The third-order valence-corrected chi connectivity index (χ3v) is 7.40. The van der Waals surface area contributed by atoms with E-state index in [1.54, 1.807) is 35.8 Å². The highest BCUT2D eigenvalue weighted by molar-refractivity contribution is 7.89. The number of carbonyl (C=O) groups is 1. The summed E-state index contributed by atoms with van der Waals surface area (Å²) in [5.41, 5.74) is 2.76. The summed E-state index contributed by atoms with van der Waals surface area (Å²) in [4.78, 5) is 12.7. The topological polar surface area (TPSA) is 95.9 Å². The van der Waals surface area contributed by atoms with Gasteiger partial charge in [0.1, 0.15) is 17.6 Å². The highest BCUT2D eigenvalue weighted by atomic mass is 35.5. The first-order chi connectivity index (χ1) is 16.8. The normalized spacial score (nSPS) is 12.3. The number of hydrogen-bond donors (Lipinski definition) is 2. The summed E-state index contributed by atoms with van der Waals surface area (Å²) in [6.45, 7) is 0.170. The Morgan fingerprint density at radius 2 is 1.66 bits per heavy atom. The smallest absolute Gasteiger partial charge is 0.262 e. The van der Waals surface area contributed by atoms with Gasteiger partial charge < -0.3 is 4.74 Å². The lowest BCUT2D eigenvalue weighted by atomic mass is 10.0. The van der Waals surface area contributed by atoms with Crippen LogP contribution >= 0.6 is 11.6 Å². The number of alkyl halides is 1. The Bertz CT molecular complexity index is 1190. The summed E-state index contributed by atoms with van der Waals surface area (Å²) in [5, 5.41) is 9.41. The summed E-state index contributed by atoms with van der Waals surface area (Å²) in [6.07, 6.45) is 0.651. The number of hydrogen-bond acceptors (Lipinski definition) is 5. The Hall–Kier alpha value is -2.98. The lowest BCUT2D eigenvalue weighted by Gasteiger charge is -2.30. The molecule has 0 saturated heterocycles. The van der Waals surface area contributed by atoms with Crippen molar-refractivity contribution in [1.29, 1.82) is 0 Å². The molecule has 0 aromatic heterocycles. The molecule has 0 bridgehead atoms. The number of sulfonamides is 1. The van der Waals surface area contributed by atoms with Crippen LogP contribution < -0.4 is 10.2 Å². The van der Waals surface area contributed by atoms with E-state index in [-0.39, 0.29) is 17.9 Å². The molecule has 0 heterocycles. The summed E-state index contributed by atoms with van der Waals surface area (Å²) < 4.78 is 47.5. The van der Waals surface area contributed by atoms with Crippen molar-refractivity contribution in [1.82, 2.24) is 9.79 Å². The molecule has 3 aromatic rings. The van der Waals surface area contributed by atoms with Gasteiger partial charge in [0.25, 0.3) is 5.91 Å². The first-order valence-electron chi connectivity index (χ1n) is 10.9. The molecule has 1 amide bonds. The minimum absolute atomic E-state index is 0.00722. The number of rotatable bonds is 12. The minimum Gasteiger partial charge on any atom is -0.494 e. The fraction of sp³-hybridized carbons (Fsp3) is 0.240. The van der Waals surface area contributed by atoms with Crippen molar-refractivity contribution in [2.75, 3.05) is 12.5 Å². The van der Waals surface area contributed by atoms with Crippen LogP contribution in [0.2, 0.25) is 0 Å². The molecule has 0 aliphatic rings. The van der Waals surface area contributed by atoms with E-state index in [9.17, 15) is 22.8 Å².